The Kier molecular flexibility index (Phi) is 5.75. The van der Waals surface area contributed by atoms with Crippen molar-refractivity contribution < 1.29 is 10.2 Å². The van der Waals surface area contributed by atoms with Crippen molar-refractivity contribution in [3.63, 3.8) is 0 Å². The largest absolute Gasteiger partial charge is 0.396 e. The number of aliphatic hydroxyl groups excluding tert-OH is 2. The van der Waals surface area contributed by atoms with E-state index in [0.29, 0.717) is 12.1 Å². The third kappa shape index (κ3) is 4.28. The lowest BCUT2D eigenvalue weighted by Gasteiger charge is -2.36. The molecule has 1 aliphatic rings. The maximum atomic E-state index is 10.2. The van der Waals surface area contributed by atoms with Gasteiger partial charge in [0.2, 0.25) is 0 Å². The predicted molar refractivity (Wildman–Crippen MR) is 81.6 cm³/mol. The number of rotatable bonds is 6. The Morgan fingerprint density at radius 3 is 2.43 bits per heavy atom. The first kappa shape index (κ1) is 16.0. The van der Waals surface area contributed by atoms with Crippen molar-refractivity contribution in [2.24, 2.45) is 5.41 Å². The zero-order valence-corrected chi connectivity index (χ0v) is 12.4. The second-order valence-corrected chi connectivity index (χ2v) is 6.10. The summed E-state index contributed by atoms with van der Waals surface area (Å²) >= 11 is 0. The van der Waals surface area contributed by atoms with Crippen LogP contribution in [0.25, 0.3) is 0 Å². The molecule has 0 amide bonds. The summed E-state index contributed by atoms with van der Waals surface area (Å²) in [7, 11) is 0. The van der Waals surface area contributed by atoms with Crippen LogP contribution in [0.3, 0.4) is 0 Å². The Balaban J connectivity index is 1.82. The first-order chi connectivity index (χ1) is 10.2. The highest BCUT2D eigenvalue weighted by Gasteiger charge is 2.30. The number of nitrogens with one attached hydrogen (secondary N) is 1. The smallest absolute Gasteiger partial charge is 0.0991 e. The molecule has 21 heavy (non-hydrogen) atoms. The van der Waals surface area contributed by atoms with Gasteiger partial charge in [0.1, 0.15) is 0 Å². The van der Waals surface area contributed by atoms with Crippen molar-refractivity contribution in [2.45, 2.75) is 38.2 Å². The lowest BCUT2D eigenvalue weighted by Crippen LogP contribution is -2.40. The van der Waals surface area contributed by atoms with Crippen LogP contribution in [0.5, 0.6) is 0 Å². The molecule has 0 saturated heterocycles. The fourth-order valence-corrected chi connectivity index (χ4v) is 3.06. The van der Waals surface area contributed by atoms with Crippen LogP contribution < -0.4 is 5.32 Å². The van der Waals surface area contributed by atoms with Gasteiger partial charge in [-0.25, -0.2) is 0 Å². The summed E-state index contributed by atoms with van der Waals surface area (Å²) in [6, 6.07) is 9.07. The van der Waals surface area contributed by atoms with Crippen LogP contribution in [0.15, 0.2) is 24.3 Å². The molecule has 1 aromatic carbocycles. The number of nitrogens with zero attached hydrogens (tertiary/aromatic N) is 1. The Morgan fingerprint density at radius 2 is 1.86 bits per heavy atom. The standard InChI is InChI=1S/C17H24N2O2/c18-10-14-4-6-15(7-5-14)16(21)11-19-12-17(13-20)8-2-1-3-9-17/h4-7,16,19-21H,1-3,8-9,11-13H2. The van der Waals surface area contributed by atoms with Crippen LogP contribution in [-0.2, 0) is 0 Å². The fourth-order valence-electron chi connectivity index (χ4n) is 3.06. The van der Waals surface area contributed by atoms with Crippen molar-refractivity contribution in [2.75, 3.05) is 19.7 Å². The van der Waals surface area contributed by atoms with Crippen LogP contribution in [0.4, 0.5) is 0 Å². The molecule has 3 N–H and O–H groups in total. The van der Waals surface area contributed by atoms with E-state index in [4.69, 9.17) is 5.26 Å². The van der Waals surface area contributed by atoms with E-state index in [0.717, 1.165) is 24.9 Å². The first-order valence-electron chi connectivity index (χ1n) is 7.69. The van der Waals surface area contributed by atoms with E-state index in [1.54, 1.807) is 24.3 Å². The van der Waals surface area contributed by atoms with Gasteiger partial charge in [0.25, 0.3) is 0 Å². The molecular weight excluding hydrogens is 264 g/mol. The summed E-state index contributed by atoms with van der Waals surface area (Å²) in [5.74, 6) is 0. The monoisotopic (exact) mass is 288 g/mol. The van der Waals surface area contributed by atoms with Crippen molar-refractivity contribution in [3.8, 4) is 6.07 Å². The van der Waals surface area contributed by atoms with Gasteiger partial charge in [-0.05, 0) is 30.5 Å². The number of aliphatic hydroxyl groups is 2. The molecule has 1 atom stereocenters. The minimum atomic E-state index is -0.586. The first-order valence-corrected chi connectivity index (χ1v) is 7.69. The molecule has 1 unspecified atom stereocenters. The van der Waals surface area contributed by atoms with E-state index >= 15 is 0 Å². The van der Waals surface area contributed by atoms with Crippen LogP contribution in [0.2, 0.25) is 0 Å². The molecule has 0 radical (unpaired) electrons. The molecule has 0 heterocycles. The molecule has 4 heteroatoms. The van der Waals surface area contributed by atoms with Crippen LogP contribution in [0.1, 0.15) is 49.3 Å². The number of nitriles is 1. The fraction of sp³-hybridized carbons (Fsp3) is 0.588. The summed E-state index contributed by atoms with van der Waals surface area (Å²) in [5, 5.41) is 31.9. The highest BCUT2D eigenvalue weighted by Crippen LogP contribution is 2.35. The third-order valence-corrected chi connectivity index (χ3v) is 4.51. The van der Waals surface area contributed by atoms with Crippen molar-refractivity contribution in [3.05, 3.63) is 35.4 Å². The summed E-state index contributed by atoms with van der Waals surface area (Å²) in [6.07, 6.45) is 5.15. The predicted octanol–water partition coefficient (Wildman–Crippen LogP) is 2.12. The topological polar surface area (TPSA) is 76.3 Å². The Morgan fingerprint density at radius 1 is 1.19 bits per heavy atom. The molecule has 0 aromatic heterocycles. The zero-order valence-electron chi connectivity index (χ0n) is 12.4. The van der Waals surface area contributed by atoms with E-state index in [2.05, 4.69) is 11.4 Å². The highest BCUT2D eigenvalue weighted by molar-refractivity contribution is 5.32. The minimum Gasteiger partial charge on any atom is -0.396 e. The number of hydrogen-bond acceptors (Lipinski definition) is 4. The van der Waals surface area contributed by atoms with Gasteiger partial charge >= 0.3 is 0 Å². The van der Waals surface area contributed by atoms with E-state index in [1.807, 2.05) is 0 Å². The Hall–Kier alpha value is -1.41. The SMILES string of the molecule is N#Cc1ccc(C(O)CNCC2(CO)CCCCC2)cc1. The maximum absolute atomic E-state index is 10.2. The van der Waals surface area contributed by atoms with Gasteiger partial charge in [0, 0.05) is 25.1 Å². The summed E-state index contributed by atoms with van der Waals surface area (Å²) in [5.41, 5.74) is 1.39. The van der Waals surface area contributed by atoms with E-state index in [1.165, 1.54) is 19.3 Å². The van der Waals surface area contributed by atoms with Gasteiger partial charge in [-0.3, -0.25) is 0 Å². The van der Waals surface area contributed by atoms with E-state index < -0.39 is 6.10 Å². The highest BCUT2D eigenvalue weighted by atomic mass is 16.3. The van der Waals surface area contributed by atoms with Crippen molar-refractivity contribution >= 4 is 0 Å². The second kappa shape index (κ2) is 7.56. The molecule has 2 rings (SSSR count). The van der Waals surface area contributed by atoms with E-state index in [9.17, 15) is 10.2 Å². The number of hydrogen-bond donors (Lipinski definition) is 3. The van der Waals surface area contributed by atoms with Crippen molar-refractivity contribution in [1.29, 1.82) is 5.26 Å². The van der Waals surface area contributed by atoms with Gasteiger partial charge in [-0.1, -0.05) is 31.4 Å². The van der Waals surface area contributed by atoms with Crippen LogP contribution in [0, 0.1) is 16.7 Å². The normalized spacial score (nSPS) is 18.9. The molecule has 0 spiro atoms. The third-order valence-electron chi connectivity index (χ3n) is 4.51. The Bertz CT molecular complexity index is 473. The van der Waals surface area contributed by atoms with Gasteiger partial charge in [0.15, 0.2) is 0 Å². The zero-order chi connectivity index (χ0) is 15.1. The van der Waals surface area contributed by atoms with Crippen LogP contribution >= 0.6 is 0 Å². The molecule has 1 fully saturated rings. The molecule has 1 aliphatic carbocycles. The molecule has 114 valence electrons. The Labute approximate surface area is 126 Å². The average Bonchev–Trinajstić information content (AvgIpc) is 2.55. The van der Waals surface area contributed by atoms with Gasteiger partial charge in [0.05, 0.1) is 17.7 Å². The molecule has 1 saturated carbocycles. The molecule has 4 nitrogen and oxygen atoms in total. The molecule has 0 aliphatic heterocycles. The second-order valence-electron chi connectivity index (χ2n) is 6.10. The van der Waals surface area contributed by atoms with Gasteiger partial charge in [-0.2, -0.15) is 5.26 Å². The van der Waals surface area contributed by atoms with Gasteiger partial charge < -0.3 is 15.5 Å². The number of benzene rings is 1. The summed E-state index contributed by atoms with van der Waals surface area (Å²) in [6.45, 7) is 1.43. The molecule has 1 aromatic rings. The molecular formula is C17H24N2O2. The van der Waals surface area contributed by atoms with E-state index in [-0.39, 0.29) is 12.0 Å². The average molecular weight is 288 g/mol. The summed E-state index contributed by atoms with van der Waals surface area (Å²) in [4.78, 5) is 0. The quantitative estimate of drug-likeness (QED) is 0.749. The van der Waals surface area contributed by atoms with Crippen molar-refractivity contribution in [1.82, 2.24) is 5.32 Å². The molecule has 0 bridgehead atoms. The lowest BCUT2D eigenvalue weighted by atomic mass is 9.74. The van der Waals surface area contributed by atoms with Gasteiger partial charge in [-0.15, -0.1) is 0 Å². The lowest BCUT2D eigenvalue weighted by molar-refractivity contribution is 0.0757. The maximum Gasteiger partial charge on any atom is 0.0991 e. The summed E-state index contributed by atoms with van der Waals surface area (Å²) < 4.78 is 0. The van der Waals surface area contributed by atoms with Crippen LogP contribution in [-0.4, -0.2) is 29.9 Å². The minimum absolute atomic E-state index is 0.0113.